The van der Waals surface area contributed by atoms with Gasteiger partial charge >= 0.3 is 0 Å². The van der Waals surface area contributed by atoms with Crippen LogP contribution in [0.25, 0.3) is 0 Å². The van der Waals surface area contributed by atoms with Crippen molar-refractivity contribution in [1.29, 1.82) is 0 Å². The number of hydrogen-bond acceptors (Lipinski definition) is 4. The van der Waals surface area contributed by atoms with Crippen LogP contribution in [-0.4, -0.2) is 27.0 Å². The molecule has 0 aromatic heterocycles. The van der Waals surface area contributed by atoms with E-state index < -0.39 is 19.8 Å². The second-order valence-electron chi connectivity index (χ2n) is 4.47. The minimum atomic E-state index is -4.11. The first-order valence-electron chi connectivity index (χ1n) is 6.02. The normalized spacial score (nSPS) is 14.9. The SMILES string of the molecule is O=C(CCOc1ccc(F)cc1S(=O)(=O)Cl)NC1CC1. The maximum Gasteiger partial charge on any atom is 0.265 e. The highest BCUT2D eigenvalue weighted by Gasteiger charge is 2.23. The third-order valence-electron chi connectivity index (χ3n) is 2.70. The van der Waals surface area contributed by atoms with Crippen LogP contribution in [0.2, 0.25) is 0 Å². The predicted octanol–water partition coefficient (Wildman–Crippen LogP) is 1.80. The van der Waals surface area contributed by atoms with Crippen LogP contribution >= 0.6 is 10.7 Å². The highest BCUT2D eigenvalue weighted by molar-refractivity contribution is 8.13. The Labute approximate surface area is 120 Å². The first-order chi connectivity index (χ1) is 9.36. The smallest absolute Gasteiger partial charge is 0.265 e. The third kappa shape index (κ3) is 4.35. The zero-order valence-corrected chi connectivity index (χ0v) is 12.0. The lowest BCUT2D eigenvalue weighted by molar-refractivity contribution is -0.121. The highest BCUT2D eigenvalue weighted by atomic mass is 35.7. The van der Waals surface area contributed by atoms with E-state index in [1.54, 1.807) is 0 Å². The Hall–Kier alpha value is -1.34. The number of benzene rings is 1. The van der Waals surface area contributed by atoms with Gasteiger partial charge in [0.15, 0.2) is 0 Å². The van der Waals surface area contributed by atoms with Crippen molar-refractivity contribution in [3.05, 3.63) is 24.0 Å². The van der Waals surface area contributed by atoms with Crippen molar-refractivity contribution in [1.82, 2.24) is 5.32 Å². The van der Waals surface area contributed by atoms with Crippen LogP contribution in [0, 0.1) is 5.82 Å². The van der Waals surface area contributed by atoms with E-state index in [-0.39, 0.29) is 30.7 Å². The Kier molecular flexibility index (Phi) is 4.49. The lowest BCUT2D eigenvalue weighted by Crippen LogP contribution is -2.26. The van der Waals surface area contributed by atoms with Gasteiger partial charge in [0.05, 0.1) is 13.0 Å². The van der Waals surface area contributed by atoms with Crippen LogP contribution in [0.4, 0.5) is 4.39 Å². The minimum Gasteiger partial charge on any atom is -0.492 e. The van der Waals surface area contributed by atoms with Gasteiger partial charge in [0.1, 0.15) is 16.5 Å². The van der Waals surface area contributed by atoms with Crippen molar-refractivity contribution in [2.75, 3.05) is 6.61 Å². The van der Waals surface area contributed by atoms with Crippen molar-refractivity contribution in [3.63, 3.8) is 0 Å². The number of carbonyl (C=O) groups excluding carboxylic acids is 1. The number of rotatable bonds is 6. The van der Waals surface area contributed by atoms with Crippen LogP contribution in [0.3, 0.4) is 0 Å². The molecule has 0 bridgehead atoms. The fraction of sp³-hybridized carbons (Fsp3) is 0.417. The quantitative estimate of drug-likeness (QED) is 0.811. The molecule has 1 fully saturated rings. The third-order valence-corrected chi connectivity index (χ3v) is 4.04. The Bertz CT molecular complexity index is 616. The van der Waals surface area contributed by atoms with Gasteiger partial charge in [-0.05, 0) is 31.0 Å². The van der Waals surface area contributed by atoms with Gasteiger partial charge in [-0.3, -0.25) is 4.79 Å². The van der Waals surface area contributed by atoms with Gasteiger partial charge in [-0.15, -0.1) is 0 Å². The lowest BCUT2D eigenvalue weighted by Gasteiger charge is -2.09. The Morgan fingerprint density at radius 1 is 1.45 bits per heavy atom. The van der Waals surface area contributed by atoms with Crippen LogP contribution in [0.1, 0.15) is 19.3 Å². The molecule has 5 nitrogen and oxygen atoms in total. The van der Waals surface area contributed by atoms with Crippen molar-refractivity contribution in [2.24, 2.45) is 0 Å². The van der Waals surface area contributed by atoms with Crippen molar-refractivity contribution < 1.29 is 22.3 Å². The van der Waals surface area contributed by atoms with Crippen LogP contribution in [-0.2, 0) is 13.8 Å². The molecule has 0 spiro atoms. The first kappa shape index (κ1) is 15.1. The molecule has 8 heteroatoms. The zero-order valence-electron chi connectivity index (χ0n) is 10.4. The largest absolute Gasteiger partial charge is 0.492 e. The summed E-state index contributed by atoms with van der Waals surface area (Å²) in [6, 6.07) is 3.27. The molecule has 1 aromatic rings. The summed E-state index contributed by atoms with van der Waals surface area (Å²) < 4.78 is 40.8. The molecule has 0 atom stereocenters. The molecule has 0 unspecified atom stereocenters. The summed E-state index contributed by atoms with van der Waals surface area (Å²) in [5.74, 6) is -0.964. The van der Waals surface area contributed by atoms with Crippen LogP contribution in [0.5, 0.6) is 5.75 Å². The predicted molar refractivity (Wildman–Crippen MR) is 70.7 cm³/mol. The maximum atomic E-state index is 13.0. The number of ether oxygens (including phenoxy) is 1. The summed E-state index contributed by atoms with van der Waals surface area (Å²) in [6.45, 7) is -0.0103. The fourth-order valence-corrected chi connectivity index (χ4v) is 2.56. The molecule has 1 saturated carbocycles. The van der Waals surface area contributed by atoms with Gasteiger partial charge in [0, 0.05) is 16.7 Å². The molecular weight excluding hydrogens is 309 g/mol. The van der Waals surface area contributed by atoms with Gasteiger partial charge in [-0.1, -0.05) is 0 Å². The number of amides is 1. The van der Waals surface area contributed by atoms with E-state index in [1.165, 1.54) is 6.07 Å². The molecule has 0 heterocycles. The van der Waals surface area contributed by atoms with Crippen molar-refractivity contribution in [3.8, 4) is 5.75 Å². The summed E-state index contributed by atoms with van der Waals surface area (Å²) in [7, 11) is 1.09. The first-order valence-corrected chi connectivity index (χ1v) is 8.33. The fourth-order valence-electron chi connectivity index (χ4n) is 1.57. The minimum absolute atomic E-state index is 0.0103. The van der Waals surface area contributed by atoms with Crippen LogP contribution in [0.15, 0.2) is 23.1 Å². The number of carbonyl (C=O) groups is 1. The summed E-state index contributed by atoms with van der Waals surface area (Å²) in [4.78, 5) is 11.0. The standard InChI is InChI=1S/C12H13ClFNO4S/c13-20(17,18)11-7-8(14)1-4-10(11)19-6-5-12(16)15-9-2-3-9/h1,4,7,9H,2-3,5-6H2,(H,15,16). The molecule has 110 valence electrons. The Morgan fingerprint density at radius 2 is 2.15 bits per heavy atom. The topological polar surface area (TPSA) is 72.5 Å². The van der Waals surface area contributed by atoms with Gasteiger partial charge in [0.2, 0.25) is 5.91 Å². The molecular formula is C12H13ClFNO4S. The van der Waals surface area contributed by atoms with Gasteiger partial charge in [-0.2, -0.15) is 0 Å². The van der Waals surface area contributed by atoms with E-state index in [0.29, 0.717) is 0 Å². The molecule has 0 radical (unpaired) electrons. The Morgan fingerprint density at radius 3 is 2.75 bits per heavy atom. The second kappa shape index (κ2) is 5.97. The Balaban J connectivity index is 1.96. The van der Waals surface area contributed by atoms with E-state index in [0.717, 1.165) is 25.0 Å². The number of hydrogen-bond donors (Lipinski definition) is 1. The molecule has 1 amide bonds. The molecule has 2 rings (SSSR count). The highest BCUT2D eigenvalue weighted by Crippen LogP contribution is 2.27. The molecule has 1 aliphatic rings. The van der Waals surface area contributed by atoms with Crippen LogP contribution < -0.4 is 10.1 Å². The average molecular weight is 322 g/mol. The summed E-state index contributed by atoms with van der Waals surface area (Å²) in [6.07, 6.45) is 2.06. The molecule has 1 aromatic carbocycles. The summed E-state index contributed by atoms with van der Waals surface area (Å²) >= 11 is 0. The second-order valence-corrected chi connectivity index (χ2v) is 7.00. The van der Waals surface area contributed by atoms with Gasteiger partial charge < -0.3 is 10.1 Å². The van der Waals surface area contributed by atoms with E-state index in [4.69, 9.17) is 15.4 Å². The van der Waals surface area contributed by atoms with E-state index in [1.807, 2.05) is 0 Å². The number of nitrogens with one attached hydrogen (secondary N) is 1. The van der Waals surface area contributed by atoms with Gasteiger partial charge in [-0.25, -0.2) is 12.8 Å². The molecule has 20 heavy (non-hydrogen) atoms. The average Bonchev–Trinajstić information content (AvgIpc) is 3.13. The van der Waals surface area contributed by atoms with Gasteiger partial charge in [0.25, 0.3) is 9.05 Å². The number of halogens is 2. The van der Waals surface area contributed by atoms with E-state index in [9.17, 15) is 17.6 Å². The molecule has 1 N–H and O–H groups in total. The zero-order chi connectivity index (χ0) is 14.8. The summed E-state index contributed by atoms with van der Waals surface area (Å²) in [5, 5.41) is 2.77. The maximum absolute atomic E-state index is 13.0. The monoisotopic (exact) mass is 321 g/mol. The summed E-state index contributed by atoms with van der Waals surface area (Å²) in [5.41, 5.74) is 0. The molecule has 0 saturated heterocycles. The molecule has 1 aliphatic carbocycles. The molecule has 0 aliphatic heterocycles. The van der Waals surface area contributed by atoms with Crippen molar-refractivity contribution >= 4 is 25.6 Å². The van der Waals surface area contributed by atoms with Crippen molar-refractivity contribution in [2.45, 2.75) is 30.2 Å². The van der Waals surface area contributed by atoms with E-state index in [2.05, 4.69) is 5.32 Å². The lowest BCUT2D eigenvalue weighted by atomic mass is 10.3. The van der Waals surface area contributed by atoms with E-state index >= 15 is 0 Å².